The number of methoxy groups -OCH3 is 2. The Kier molecular flexibility index (Phi) is 9.74. The second-order valence-corrected chi connectivity index (χ2v) is 15.6. The van der Waals surface area contributed by atoms with E-state index in [9.17, 15) is 9.59 Å². The van der Waals surface area contributed by atoms with E-state index in [1.54, 1.807) is 0 Å². The minimum absolute atomic E-state index is 0.364. The fourth-order valence-corrected chi connectivity index (χ4v) is 7.43. The van der Waals surface area contributed by atoms with Crippen molar-refractivity contribution in [3.63, 3.8) is 0 Å². The first-order valence-corrected chi connectivity index (χ1v) is 16.5. The summed E-state index contributed by atoms with van der Waals surface area (Å²) in [6, 6.07) is 8.97. The second-order valence-electron chi connectivity index (χ2n) is 15.6. The molecule has 0 bridgehead atoms. The summed E-state index contributed by atoms with van der Waals surface area (Å²) in [6.45, 7) is 22.0. The highest BCUT2D eigenvalue weighted by Crippen LogP contribution is 2.48. The Morgan fingerprint density at radius 3 is 1.25 bits per heavy atom. The number of ether oxygens (including phenoxy) is 2. The fourth-order valence-electron chi connectivity index (χ4n) is 7.43. The lowest BCUT2D eigenvalue weighted by atomic mass is 9.65. The first kappa shape index (κ1) is 33.7. The van der Waals surface area contributed by atoms with Gasteiger partial charge in [-0.15, -0.1) is 0 Å². The summed E-state index contributed by atoms with van der Waals surface area (Å²) in [5, 5.41) is 2.73. The van der Waals surface area contributed by atoms with Crippen LogP contribution in [-0.2, 0) is 46.0 Å². The molecule has 1 aliphatic rings. The topological polar surface area (TPSA) is 52.6 Å². The van der Waals surface area contributed by atoms with Gasteiger partial charge in [0.25, 0.3) is 0 Å². The van der Waals surface area contributed by atoms with E-state index < -0.39 is 22.8 Å². The highest BCUT2D eigenvalue weighted by molar-refractivity contribution is 6.07. The number of rotatable bonds is 8. The molecule has 0 saturated heterocycles. The van der Waals surface area contributed by atoms with Crippen molar-refractivity contribution >= 4 is 22.7 Å². The fraction of sp³-hybridized carbons (Fsp3) is 0.550. The van der Waals surface area contributed by atoms with Gasteiger partial charge in [-0.1, -0.05) is 93.5 Å². The van der Waals surface area contributed by atoms with Crippen molar-refractivity contribution < 1.29 is 19.1 Å². The highest BCUT2D eigenvalue weighted by atomic mass is 16.5. The smallest absolute Gasteiger partial charge is 0.339 e. The van der Waals surface area contributed by atoms with Crippen molar-refractivity contribution in [2.45, 2.75) is 119 Å². The molecule has 0 spiro atoms. The van der Waals surface area contributed by atoms with Gasteiger partial charge in [0.1, 0.15) is 0 Å². The quantitative estimate of drug-likeness (QED) is 0.190. The van der Waals surface area contributed by atoms with E-state index >= 15 is 0 Å². The van der Waals surface area contributed by atoms with Crippen LogP contribution in [0.3, 0.4) is 0 Å². The van der Waals surface area contributed by atoms with Gasteiger partial charge in [-0.3, -0.25) is 0 Å². The third-order valence-electron chi connectivity index (χ3n) is 9.32. The standard InChI is InChI=1S/C40H54O4/c1-23(2)17-19-27-25-15-13-14-16-26(25)28(20-18-24(3)4)30-22-32-31(21-29(27)30)35(39(5,6)7)33(37(41)43-11)34(38(42)44-12)36(32)40(8,9)10/h13-16,23-24H,17-22H2,1-12H3. The number of fused-ring (bicyclic) bond motifs is 3. The maximum Gasteiger partial charge on any atom is 0.339 e. The Labute approximate surface area is 265 Å². The molecular formula is C40H54O4. The Morgan fingerprint density at radius 2 is 0.977 bits per heavy atom. The largest absolute Gasteiger partial charge is 0.465 e. The summed E-state index contributed by atoms with van der Waals surface area (Å²) in [5.74, 6) is 0.218. The van der Waals surface area contributed by atoms with Crippen molar-refractivity contribution in [1.82, 2.24) is 0 Å². The lowest BCUT2D eigenvalue weighted by Crippen LogP contribution is -2.32. The highest BCUT2D eigenvalue weighted by Gasteiger charge is 2.41. The maximum absolute atomic E-state index is 13.7. The molecule has 0 amide bonds. The van der Waals surface area contributed by atoms with Crippen molar-refractivity contribution in [3.8, 4) is 0 Å². The van der Waals surface area contributed by atoms with Gasteiger partial charge >= 0.3 is 11.9 Å². The monoisotopic (exact) mass is 598 g/mol. The van der Waals surface area contributed by atoms with Gasteiger partial charge in [-0.25, -0.2) is 9.59 Å². The third-order valence-corrected chi connectivity index (χ3v) is 9.32. The van der Waals surface area contributed by atoms with E-state index in [1.807, 2.05) is 0 Å². The first-order valence-electron chi connectivity index (χ1n) is 16.5. The van der Waals surface area contributed by atoms with Gasteiger partial charge in [0, 0.05) is 0 Å². The summed E-state index contributed by atoms with van der Waals surface area (Å²) >= 11 is 0. The Hall–Kier alpha value is -3.14. The molecule has 4 heteroatoms. The molecule has 0 aliphatic heterocycles. The van der Waals surface area contributed by atoms with Crippen molar-refractivity contribution in [3.05, 3.63) is 79.9 Å². The summed E-state index contributed by atoms with van der Waals surface area (Å²) < 4.78 is 10.8. The average Bonchev–Trinajstić information content (AvgIpc) is 2.94. The molecule has 4 nitrogen and oxygen atoms in total. The molecule has 0 atom stereocenters. The maximum atomic E-state index is 13.7. The Bertz CT molecular complexity index is 1460. The van der Waals surface area contributed by atoms with Crippen LogP contribution < -0.4 is 0 Å². The second kappa shape index (κ2) is 12.7. The van der Waals surface area contributed by atoms with E-state index in [2.05, 4.69) is 93.5 Å². The van der Waals surface area contributed by atoms with Crippen molar-refractivity contribution in [2.75, 3.05) is 14.2 Å². The minimum atomic E-state index is -0.481. The van der Waals surface area contributed by atoms with Crippen LogP contribution in [0.1, 0.15) is 147 Å². The van der Waals surface area contributed by atoms with Gasteiger partial charge in [-0.2, -0.15) is 0 Å². The van der Waals surface area contributed by atoms with Crippen molar-refractivity contribution in [1.29, 1.82) is 0 Å². The van der Waals surface area contributed by atoms with E-state index in [0.717, 1.165) is 49.7 Å². The van der Waals surface area contributed by atoms with Crippen molar-refractivity contribution in [2.24, 2.45) is 11.8 Å². The molecule has 0 heterocycles. The molecule has 0 N–H and O–H groups in total. The number of aryl methyl sites for hydroxylation is 2. The van der Waals surface area contributed by atoms with E-state index in [1.165, 1.54) is 58.4 Å². The lowest BCUT2D eigenvalue weighted by Gasteiger charge is -2.38. The molecule has 0 aromatic heterocycles. The predicted molar refractivity (Wildman–Crippen MR) is 182 cm³/mol. The zero-order chi connectivity index (χ0) is 32.7. The normalized spacial score (nSPS) is 13.3. The van der Waals surface area contributed by atoms with Gasteiger partial charge in [-0.05, 0) is 116 Å². The van der Waals surface area contributed by atoms with E-state index in [0.29, 0.717) is 23.0 Å². The van der Waals surface area contributed by atoms with Gasteiger partial charge in [0.05, 0.1) is 25.3 Å². The molecule has 44 heavy (non-hydrogen) atoms. The molecule has 4 rings (SSSR count). The van der Waals surface area contributed by atoms with E-state index in [4.69, 9.17) is 9.47 Å². The number of benzene rings is 3. The van der Waals surface area contributed by atoms with Gasteiger partial charge < -0.3 is 9.47 Å². The Morgan fingerprint density at radius 1 is 0.636 bits per heavy atom. The van der Waals surface area contributed by atoms with Crippen LogP contribution in [0.25, 0.3) is 10.8 Å². The molecule has 1 aliphatic carbocycles. The molecule has 3 aromatic carbocycles. The van der Waals surface area contributed by atoms with Crippen LogP contribution in [-0.4, -0.2) is 26.2 Å². The number of hydrogen-bond acceptors (Lipinski definition) is 4. The zero-order valence-corrected chi connectivity index (χ0v) is 29.3. The number of carbonyl (C=O) groups is 2. The summed E-state index contributed by atoms with van der Waals surface area (Å²) in [6.07, 6.45) is 5.73. The minimum Gasteiger partial charge on any atom is -0.465 e. The zero-order valence-electron chi connectivity index (χ0n) is 29.3. The van der Waals surface area contributed by atoms with Crippen LogP contribution in [0.2, 0.25) is 0 Å². The molecule has 0 radical (unpaired) electrons. The SMILES string of the molecule is COC(=O)c1c(C(=O)OC)c(C(C)(C)C)c2c(c1C(C)(C)C)Cc1c(c(CCC(C)C)c3ccccc3c1CCC(C)C)C2. The Balaban J connectivity index is 2.22. The lowest BCUT2D eigenvalue weighted by molar-refractivity contribution is 0.0550. The molecule has 0 unspecified atom stereocenters. The first-order chi connectivity index (χ1) is 20.5. The van der Waals surface area contributed by atoms with Crippen LogP contribution in [0.15, 0.2) is 24.3 Å². The number of carbonyl (C=O) groups excluding carboxylic acids is 2. The third kappa shape index (κ3) is 6.32. The predicted octanol–water partition coefficient (Wildman–Crippen LogP) is 9.68. The summed E-state index contributed by atoms with van der Waals surface area (Å²) in [4.78, 5) is 27.4. The molecule has 238 valence electrons. The number of esters is 2. The van der Waals surface area contributed by atoms with Crippen LogP contribution in [0.5, 0.6) is 0 Å². The van der Waals surface area contributed by atoms with E-state index in [-0.39, 0.29) is 0 Å². The number of hydrogen-bond donors (Lipinski definition) is 0. The molecular weight excluding hydrogens is 544 g/mol. The molecule has 0 fully saturated rings. The van der Waals surface area contributed by atoms with Gasteiger partial charge in [0.15, 0.2) is 0 Å². The average molecular weight is 599 g/mol. The van der Waals surface area contributed by atoms with Crippen LogP contribution in [0.4, 0.5) is 0 Å². The molecule has 0 saturated carbocycles. The summed E-state index contributed by atoms with van der Waals surface area (Å²) in [5.41, 5.74) is 9.79. The van der Waals surface area contributed by atoms with Crippen LogP contribution in [0, 0.1) is 11.8 Å². The van der Waals surface area contributed by atoms with Gasteiger partial charge in [0.2, 0.25) is 0 Å². The molecule has 3 aromatic rings. The summed E-state index contributed by atoms with van der Waals surface area (Å²) in [7, 11) is 2.80. The van der Waals surface area contributed by atoms with Crippen LogP contribution >= 0.6 is 0 Å².